The van der Waals surface area contributed by atoms with E-state index in [4.69, 9.17) is 0 Å². The standard InChI is InChI=1S/C16H17N3O/c1-12-8-6-7-11-15(12)13(2)18-19-16(20)17-14-9-4-3-5-10-14/h3-11H,1-2H3,(H2,17,19,20)/b18-13-. The van der Waals surface area contributed by atoms with Crippen LogP contribution in [0.25, 0.3) is 0 Å². The van der Waals surface area contributed by atoms with E-state index in [0.717, 1.165) is 22.5 Å². The molecule has 0 aliphatic carbocycles. The third-order valence-corrected chi connectivity index (χ3v) is 2.89. The molecule has 0 bridgehead atoms. The lowest BCUT2D eigenvalue weighted by molar-refractivity contribution is 0.252. The molecular weight excluding hydrogens is 250 g/mol. The predicted octanol–water partition coefficient (Wildman–Crippen LogP) is 3.54. The average Bonchev–Trinajstić information content (AvgIpc) is 2.46. The Bertz CT molecular complexity index is 621. The monoisotopic (exact) mass is 267 g/mol. The van der Waals surface area contributed by atoms with E-state index >= 15 is 0 Å². The fourth-order valence-electron chi connectivity index (χ4n) is 1.85. The van der Waals surface area contributed by atoms with Gasteiger partial charge >= 0.3 is 6.03 Å². The summed E-state index contributed by atoms with van der Waals surface area (Å²) in [6.45, 7) is 3.88. The minimum atomic E-state index is -0.357. The summed E-state index contributed by atoms with van der Waals surface area (Å²) in [6.07, 6.45) is 0. The van der Waals surface area contributed by atoms with Gasteiger partial charge in [-0.1, -0.05) is 42.5 Å². The van der Waals surface area contributed by atoms with Gasteiger partial charge in [-0.25, -0.2) is 10.2 Å². The SMILES string of the molecule is C/C(=N/NC(=O)Nc1ccccc1)c1ccccc1C. The van der Waals surface area contributed by atoms with Gasteiger partial charge in [0.15, 0.2) is 0 Å². The molecule has 2 rings (SSSR count). The van der Waals surface area contributed by atoms with Crippen LogP contribution in [0.4, 0.5) is 10.5 Å². The van der Waals surface area contributed by atoms with Crippen LogP contribution < -0.4 is 10.7 Å². The Morgan fingerprint density at radius 1 is 1.00 bits per heavy atom. The lowest BCUT2D eigenvalue weighted by Crippen LogP contribution is -2.25. The van der Waals surface area contributed by atoms with Gasteiger partial charge in [-0.15, -0.1) is 0 Å². The van der Waals surface area contributed by atoms with Crippen LogP contribution in [0.1, 0.15) is 18.1 Å². The number of para-hydroxylation sites is 1. The number of hydrogen-bond donors (Lipinski definition) is 2. The molecule has 0 radical (unpaired) electrons. The smallest absolute Gasteiger partial charge is 0.307 e. The van der Waals surface area contributed by atoms with Gasteiger partial charge in [-0.05, 0) is 31.5 Å². The van der Waals surface area contributed by atoms with Crippen LogP contribution in [0.2, 0.25) is 0 Å². The second-order valence-electron chi connectivity index (χ2n) is 4.44. The van der Waals surface area contributed by atoms with E-state index in [2.05, 4.69) is 15.8 Å². The fourth-order valence-corrected chi connectivity index (χ4v) is 1.85. The topological polar surface area (TPSA) is 53.5 Å². The maximum Gasteiger partial charge on any atom is 0.339 e. The molecule has 4 heteroatoms. The molecule has 0 saturated heterocycles. The number of hydrazone groups is 1. The fraction of sp³-hybridized carbons (Fsp3) is 0.125. The summed E-state index contributed by atoms with van der Waals surface area (Å²) in [7, 11) is 0. The first-order chi connectivity index (χ1) is 9.66. The molecule has 2 N–H and O–H groups in total. The Hall–Kier alpha value is -2.62. The summed E-state index contributed by atoms with van der Waals surface area (Å²) < 4.78 is 0. The molecule has 0 aromatic heterocycles. The zero-order valence-corrected chi connectivity index (χ0v) is 11.6. The molecule has 102 valence electrons. The highest BCUT2D eigenvalue weighted by atomic mass is 16.2. The van der Waals surface area contributed by atoms with Crippen molar-refractivity contribution in [3.63, 3.8) is 0 Å². The van der Waals surface area contributed by atoms with Gasteiger partial charge in [0.25, 0.3) is 0 Å². The second-order valence-corrected chi connectivity index (χ2v) is 4.44. The molecule has 0 unspecified atom stereocenters. The highest BCUT2D eigenvalue weighted by Crippen LogP contribution is 2.08. The van der Waals surface area contributed by atoms with Crippen molar-refractivity contribution >= 4 is 17.4 Å². The summed E-state index contributed by atoms with van der Waals surface area (Å²) in [5.74, 6) is 0. The number of rotatable bonds is 3. The van der Waals surface area contributed by atoms with Gasteiger partial charge in [0, 0.05) is 11.3 Å². The minimum Gasteiger partial charge on any atom is -0.307 e. The maximum absolute atomic E-state index is 11.7. The largest absolute Gasteiger partial charge is 0.339 e. The Morgan fingerprint density at radius 2 is 1.65 bits per heavy atom. The van der Waals surface area contributed by atoms with Crippen molar-refractivity contribution in [1.29, 1.82) is 0 Å². The van der Waals surface area contributed by atoms with Crippen molar-refractivity contribution in [1.82, 2.24) is 5.43 Å². The first-order valence-corrected chi connectivity index (χ1v) is 6.39. The van der Waals surface area contributed by atoms with Gasteiger partial charge in [0.2, 0.25) is 0 Å². The van der Waals surface area contributed by atoms with E-state index in [9.17, 15) is 4.79 Å². The van der Waals surface area contributed by atoms with Gasteiger partial charge < -0.3 is 5.32 Å². The number of benzene rings is 2. The highest BCUT2D eigenvalue weighted by molar-refractivity contribution is 6.01. The molecule has 4 nitrogen and oxygen atoms in total. The molecule has 2 aromatic rings. The quantitative estimate of drug-likeness (QED) is 0.648. The first kappa shape index (κ1) is 13.8. The van der Waals surface area contributed by atoms with E-state index in [0.29, 0.717) is 0 Å². The summed E-state index contributed by atoms with van der Waals surface area (Å²) in [5.41, 5.74) is 6.14. The zero-order chi connectivity index (χ0) is 14.4. The predicted molar refractivity (Wildman–Crippen MR) is 82.0 cm³/mol. The van der Waals surface area contributed by atoms with E-state index in [1.807, 2.05) is 68.4 Å². The number of nitrogens with zero attached hydrogens (tertiary/aromatic N) is 1. The number of anilines is 1. The molecule has 20 heavy (non-hydrogen) atoms. The number of carbonyl (C=O) groups excluding carboxylic acids is 1. The molecule has 0 aliphatic rings. The van der Waals surface area contributed by atoms with Crippen LogP contribution in [0.15, 0.2) is 59.7 Å². The Labute approximate surface area is 118 Å². The van der Waals surface area contributed by atoms with Gasteiger partial charge in [-0.3, -0.25) is 0 Å². The van der Waals surface area contributed by atoms with Crippen molar-refractivity contribution in [3.05, 3.63) is 65.7 Å². The normalized spacial score (nSPS) is 11.0. The van der Waals surface area contributed by atoms with Crippen molar-refractivity contribution in [2.45, 2.75) is 13.8 Å². The second kappa shape index (κ2) is 6.52. The molecule has 2 aromatic carbocycles. The number of hydrogen-bond acceptors (Lipinski definition) is 2. The summed E-state index contributed by atoms with van der Waals surface area (Å²) in [6, 6.07) is 16.8. The maximum atomic E-state index is 11.7. The van der Waals surface area contributed by atoms with Crippen LogP contribution in [-0.2, 0) is 0 Å². The molecule has 0 fully saturated rings. The first-order valence-electron chi connectivity index (χ1n) is 6.39. The number of aryl methyl sites for hydroxylation is 1. The average molecular weight is 267 g/mol. The summed E-state index contributed by atoms with van der Waals surface area (Å²) >= 11 is 0. The number of urea groups is 1. The Balaban J connectivity index is 1.99. The molecule has 0 atom stereocenters. The van der Waals surface area contributed by atoms with E-state index in [1.54, 1.807) is 0 Å². The van der Waals surface area contributed by atoms with Crippen LogP contribution in [0, 0.1) is 6.92 Å². The molecule has 0 spiro atoms. The van der Waals surface area contributed by atoms with Gasteiger partial charge in [0.1, 0.15) is 0 Å². The third-order valence-electron chi connectivity index (χ3n) is 2.89. The molecule has 0 saturated carbocycles. The molecule has 0 heterocycles. The summed E-state index contributed by atoms with van der Waals surface area (Å²) in [4.78, 5) is 11.7. The minimum absolute atomic E-state index is 0.357. The number of carbonyl (C=O) groups is 1. The molecule has 2 amide bonds. The van der Waals surface area contributed by atoms with Crippen molar-refractivity contribution in [3.8, 4) is 0 Å². The Kier molecular flexibility index (Phi) is 4.50. The number of nitrogens with one attached hydrogen (secondary N) is 2. The lowest BCUT2D eigenvalue weighted by atomic mass is 10.1. The Morgan fingerprint density at radius 3 is 2.35 bits per heavy atom. The van der Waals surface area contributed by atoms with Crippen molar-refractivity contribution in [2.75, 3.05) is 5.32 Å². The molecular formula is C16H17N3O. The molecule has 0 aliphatic heterocycles. The van der Waals surface area contributed by atoms with E-state index < -0.39 is 0 Å². The van der Waals surface area contributed by atoms with E-state index in [-0.39, 0.29) is 6.03 Å². The van der Waals surface area contributed by atoms with Crippen LogP contribution >= 0.6 is 0 Å². The van der Waals surface area contributed by atoms with Crippen molar-refractivity contribution < 1.29 is 4.79 Å². The zero-order valence-electron chi connectivity index (χ0n) is 11.6. The van der Waals surface area contributed by atoms with Crippen molar-refractivity contribution in [2.24, 2.45) is 5.10 Å². The lowest BCUT2D eigenvalue weighted by Gasteiger charge is -2.07. The van der Waals surface area contributed by atoms with E-state index in [1.165, 1.54) is 0 Å². The number of amides is 2. The van der Waals surface area contributed by atoms with Crippen LogP contribution in [0.5, 0.6) is 0 Å². The van der Waals surface area contributed by atoms with Crippen LogP contribution in [0.3, 0.4) is 0 Å². The summed E-state index contributed by atoms with van der Waals surface area (Å²) in [5, 5.41) is 6.81. The van der Waals surface area contributed by atoms with Gasteiger partial charge in [-0.2, -0.15) is 5.10 Å². The highest BCUT2D eigenvalue weighted by Gasteiger charge is 2.03. The van der Waals surface area contributed by atoms with Crippen LogP contribution in [-0.4, -0.2) is 11.7 Å². The van der Waals surface area contributed by atoms with Gasteiger partial charge in [0.05, 0.1) is 5.71 Å². The third kappa shape index (κ3) is 3.68.